The van der Waals surface area contributed by atoms with Crippen LogP contribution in [0.15, 0.2) is 10.7 Å². The van der Waals surface area contributed by atoms with Crippen molar-refractivity contribution in [3.05, 3.63) is 16.5 Å². The Hall–Kier alpha value is -0.680. The van der Waals surface area contributed by atoms with Crippen LogP contribution in [-0.2, 0) is 11.2 Å². The van der Waals surface area contributed by atoms with Crippen molar-refractivity contribution in [3.63, 3.8) is 0 Å². The van der Waals surface area contributed by atoms with Crippen LogP contribution in [0, 0.1) is 0 Å². The highest BCUT2D eigenvalue weighted by atomic mass is 79.9. The first-order chi connectivity index (χ1) is 10.1. The first-order valence-electron chi connectivity index (χ1n) is 8.04. The predicted molar refractivity (Wildman–Crippen MR) is 89.6 cm³/mol. The number of nitrogens with zero attached hydrogens (tertiary/aromatic N) is 2. The Bertz CT molecular complexity index is 463. The van der Waals surface area contributed by atoms with Crippen LogP contribution in [0.4, 0.5) is 5.82 Å². The van der Waals surface area contributed by atoms with Gasteiger partial charge in [0, 0.05) is 25.1 Å². The molecule has 0 amide bonds. The lowest BCUT2D eigenvalue weighted by Crippen LogP contribution is -2.43. The fraction of sp³-hybridized carbons (Fsp3) is 0.750. The van der Waals surface area contributed by atoms with E-state index in [-0.39, 0.29) is 5.60 Å². The molecular formula is C16H26BrN3O. The zero-order valence-corrected chi connectivity index (χ0v) is 14.9. The van der Waals surface area contributed by atoms with Gasteiger partial charge in [-0.3, -0.25) is 0 Å². The minimum absolute atomic E-state index is 0.0342. The topological polar surface area (TPSA) is 47.0 Å². The lowest BCUT2D eigenvalue weighted by molar-refractivity contribution is -0.0864. The highest BCUT2D eigenvalue weighted by Crippen LogP contribution is 2.32. The van der Waals surface area contributed by atoms with E-state index in [2.05, 4.69) is 52.0 Å². The summed E-state index contributed by atoms with van der Waals surface area (Å²) in [5.74, 6) is 1.83. The van der Waals surface area contributed by atoms with E-state index in [1.165, 1.54) is 0 Å². The summed E-state index contributed by atoms with van der Waals surface area (Å²) >= 11 is 3.48. The molecule has 0 spiro atoms. The maximum absolute atomic E-state index is 6.04. The van der Waals surface area contributed by atoms with Crippen molar-refractivity contribution in [3.8, 4) is 0 Å². The van der Waals surface area contributed by atoms with Gasteiger partial charge in [-0.25, -0.2) is 9.97 Å². The number of aryl methyl sites for hydroxylation is 1. The molecule has 0 aliphatic carbocycles. The quantitative estimate of drug-likeness (QED) is 0.770. The smallest absolute Gasteiger partial charge is 0.132 e. The number of rotatable bonds is 6. The first-order valence-corrected chi connectivity index (χ1v) is 8.84. The third kappa shape index (κ3) is 4.39. The van der Waals surface area contributed by atoms with Crippen molar-refractivity contribution in [1.82, 2.24) is 9.97 Å². The molecule has 1 fully saturated rings. The molecular weight excluding hydrogens is 330 g/mol. The molecule has 0 bridgehead atoms. The van der Waals surface area contributed by atoms with Crippen LogP contribution in [-0.4, -0.2) is 28.2 Å². The Kier molecular flexibility index (Phi) is 5.99. The minimum atomic E-state index is 0.0342. The molecule has 4 nitrogen and oxygen atoms in total. The molecule has 21 heavy (non-hydrogen) atoms. The summed E-state index contributed by atoms with van der Waals surface area (Å²) in [7, 11) is 0. The lowest BCUT2D eigenvalue weighted by Gasteiger charge is -2.40. The molecule has 1 aromatic heterocycles. The van der Waals surface area contributed by atoms with Crippen molar-refractivity contribution in [2.24, 2.45) is 0 Å². The van der Waals surface area contributed by atoms with Crippen molar-refractivity contribution in [2.45, 2.75) is 70.9 Å². The van der Waals surface area contributed by atoms with E-state index in [0.717, 1.165) is 61.4 Å². The Labute approximate surface area is 136 Å². The van der Waals surface area contributed by atoms with Crippen molar-refractivity contribution in [1.29, 1.82) is 0 Å². The summed E-state index contributed by atoms with van der Waals surface area (Å²) < 4.78 is 6.89. The SMILES string of the molecule is CCCc1nc(Br)cc(NC2CCOC(CC)(CC)C2)n1. The average molecular weight is 356 g/mol. The van der Waals surface area contributed by atoms with E-state index in [9.17, 15) is 0 Å². The van der Waals surface area contributed by atoms with Gasteiger partial charge >= 0.3 is 0 Å². The average Bonchev–Trinajstić information content (AvgIpc) is 2.47. The van der Waals surface area contributed by atoms with Crippen LogP contribution >= 0.6 is 15.9 Å². The van der Waals surface area contributed by atoms with Crippen LogP contribution in [0.2, 0.25) is 0 Å². The van der Waals surface area contributed by atoms with Gasteiger partial charge in [0.05, 0.1) is 5.60 Å². The molecule has 0 saturated carbocycles. The normalized spacial score (nSPS) is 21.2. The lowest BCUT2D eigenvalue weighted by atomic mass is 9.86. The summed E-state index contributed by atoms with van der Waals surface area (Å²) in [6.45, 7) is 7.40. The van der Waals surface area contributed by atoms with Gasteiger partial charge < -0.3 is 10.1 Å². The number of anilines is 1. The number of halogens is 1. The molecule has 1 aliphatic rings. The fourth-order valence-corrected chi connectivity index (χ4v) is 3.40. The van der Waals surface area contributed by atoms with Gasteiger partial charge in [0.25, 0.3) is 0 Å². The highest BCUT2D eigenvalue weighted by molar-refractivity contribution is 9.10. The van der Waals surface area contributed by atoms with Crippen LogP contribution in [0.3, 0.4) is 0 Å². The van der Waals surface area contributed by atoms with Crippen LogP contribution in [0.1, 0.15) is 58.7 Å². The molecule has 2 rings (SSSR count). The maximum atomic E-state index is 6.04. The number of aromatic nitrogens is 2. The molecule has 0 radical (unpaired) electrons. The van der Waals surface area contributed by atoms with Crippen LogP contribution in [0.25, 0.3) is 0 Å². The van der Waals surface area contributed by atoms with Gasteiger partial charge in [0.15, 0.2) is 0 Å². The summed E-state index contributed by atoms with van der Waals surface area (Å²) in [4.78, 5) is 9.04. The zero-order chi connectivity index (χ0) is 15.3. The molecule has 2 heterocycles. The molecule has 1 saturated heterocycles. The van der Waals surface area contributed by atoms with E-state index in [4.69, 9.17) is 4.74 Å². The van der Waals surface area contributed by atoms with Gasteiger partial charge in [0.1, 0.15) is 16.2 Å². The van der Waals surface area contributed by atoms with Crippen molar-refractivity contribution in [2.75, 3.05) is 11.9 Å². The molecule has 1 N–H and O–H groups in total. The Morgan fingerprint density at radius 1 is 1.33 bits per heavy atom. The largest absolute Gasteiger partial charge is 0.375 e. The summed E-state index contributed by atoms with van der Waals surface area (Å²) in [6.07, 6.45) is 6.18. The molecule has 1 atom stereocenters. The van der Waals surface area contributed by atoms with Gasteiger partial charge in [-0.1, -0.05) is 20.8 Å². The highest BCUT2D eigenvalue weighted by Gasteiger charge is 2.34. The van der Waals surface area contributed by atoms with Crippen molar-refractivity contribution >= 4 is 21.7 Å². The van der Waals surface area contributed by atoms with Gasteiger partial charge in [-0.05, 0) is 48.0 Å². The van der Waals surface area contributed by atoms with E-state index in [1.807, 2.05) is 6.07 Å². The summed E-state index contributed by atoms with van der Waals surface area (Å²) in [6, 6.07) is 2.39. The Balaban J connectivity index is 2.07. The van der Waals surface area contributed by atoms with Gasteiger partial charge in [-0.2, -0.15) is 0 Å². The fourth-order valence-electron chi connectivity index (χ4n) is 2.98. The van der Waals surface area contributed by atoms with E-state index in [1.54, 1.807) is 0 Å². The maximum Gasteiger partial charge on any atom is 0.132 e. The standard InChI is InChI=1S/C16H26BrN3O/c1-4-7-14-19-13(17)10-15(20-14)18-12-8-9-21-16(5-2,6-3)11-12/h10,12H,4-9,11H2,1-3H3,(H,18,19,20). The monoisotopic (exact) mass is 355 g/mol. The molecule has 1 aromatic rings. The Morgan fingerprint density at radius 3 is 2.76 bits per heavy atom. The first kappa shape index (κ1) is 16.7. The van der Waals surface area contributed by atoms with Crippen LogP contribution in [0.5, 0.6) is 0 Å². The zero-order valence-electron chi connectivity index (χ0n) is 13.3. The van der Waals surface area contributed by atoms with Gasteiger partial charge in [0.2, 0.25) is 0 Å². The van der Waals surface area contributed by atoms with E-state index in [0.29, 0.717) is 6.04 Å². The van der Waals surface area contributed by atoms with Crippen molar-refractivity contribution < 1.29 is 4.74 Å². The second-order valence-corrected chi connectivity index (χ2v) is 6.63. The second-order valence-electron chi connectivity index (χ2n) is 5.81. The minimum Gasteiger partial charge on any atom is -0.375 e. The van der Waals surface area contributed by atoms with Gasteiger partial charge in [-0.15, -0.1) is 0 Å². The molecule has 0 aromatic carbocycles. The second kappa shape index (κ2) is 7.54. The summed E-state index contributed by atoms with van der Waals surface area (Å²) in [5.41, 5.74) is 0.0342. The number of nitrogens with one attached hydrogen (secondary N) is 1. The molecule has 1 aliphatic heterocycles. The number of hydrogen-bond acceptors (Lipinski definition) is 4. The number of ether oxygens (including phenoxy) is 1. The third-order valence-corrected chi connectivity index (χ3v) is 4.75. The third-order valence-electron chi connectivity index (χ3n) is 4.35. The molecule has 118 valence electrons. The summed E-state index contributed by atoms with van der Waals surface area (Å²) in [5, 5.41) is 3.58. The van der Waals surface area contributed by atoms with Crippen LogP contribution < -0.4 is 5.32 Å². The Morgan fingerprint density at radius 2 is 2.10 bits per heavy atom. The van der Waals surface area contributed by atoms with E-state index >= 15 is 0 Å². The molecule has 5 heteroatoms. The molecule has 1 unspecified atom stereocenters. The predicted octanol–water partition coefficient (Wildman–Crippen LogP) is 4.34. The van der Waals surface area contributed by atoms with E-state index < -0.39 is 0 Å². The number of hydrogen-bond donors (Lipinski definition) is 1.